The van der Waals surface area contributed by atoms with E-state index in [1.807, 2.05) is 0 Å². The zero-order valence-corrected chi connectivity index (χ0v) is 10.8. The molecule has 100 valence electrons. The van der Waals surface area contributed by atoms with E-state index in [1.165, 1.54) is 6.07 Å². The van der Waals surface area contributed by atoms with Crippen LogP contribution in [-0.2, 0) is 6.42 Å². The van der Waals surface area contributed by atoms with Gasteiger partial charge in [0.2, 0.25) is 0 Å². The zero-order valence-electron chi connectivity index (χ0n) is 10.0. The molecule has 1 unspecified atom stereocenters. The molecule has 0 aliphatic heterocycles. The van der Waals surface area contributed by atoms with Crippen molar-refractivity contribution in [2.75, 3.05) is 0 Å². The normalized spacial score (nSPS) is 12.4. The maximum absolute atomic E-state index is 13.6. The molecule has 2 rings (SSSR count). The molecule has 3 N–H and O–H groups in total. The summed E-state index contributed by atoms with van der Waals surface area (Å²) in [5.74, 6) is 4.56. The molecule has 19 heavy (non-hydrogen) atoms. The Morgan fingerprint density at radius 3 is 2.42 bits per heavy atom. The summed E-state index contributed by atoms with van der Waals surface area (Å²) in [7, 11) is 0. The Labute approximate surface area is 115 Å². The predicted octanol–water partition coefficient (Wildman–Crippen LogP) is 3.37. The molecule has 0 amide bonds. The molecular weight excluding hydrogens is 270 g/mol. The molecule has 2 aromatic carbocycles. The summed E-state index contributed by atoms with van der Waals surface area (Å²) in [5.41, 5.74) is 3.73. The first-order valence-corrected chi connectivity index (χ1v) is 6.13. The number of benzene rings is 2. The maximum Gasteiger partial charge on any atom is 0.126 e. The smallest absolute Gasteiger partial charge is 0.126 e. The fraction of sp³-hybridized carbons (Fsp3) is 0.143. The first-order valence-electron chi connectivity index (χ1n) is 5.75. The van der Waals surface area contributed by atoms with Crippen molar-refractivity contribution < 1.29 is 8.78 Å². The van der Waals surface area contributed by atoms with Crippen LogP contribution in [-0.4, -0.2) is 0 Å². The summed E-state index contributed by atoms with van der Waals surface area (Å²) in [6, 6.07) is 10.1. The number of rotatable bonds is 4. The summed E-state index contributed by atoms with van der Waals surface area (Å²) in [5, 5.41) is 0.608. The van der Waals surface area contributed by atoms with E-state index in [0.29, 0.717) is 5.02 Å². The van der Waals surface area contributed by atoms with E-state index in [-0.39, 0.29) is 18.0 Å². The Kier molecular flexibility index (Phi) is 4.47. The molecule has 0 saturated heterocycles. The molecule has 5 heteroatoms. The van der Waals surface area contributed by atoms with Gasteiger partial charge in [0.1, 0.15) is 11.6 Å². The second-order valence-electron chi connectivity index (χ2n) is 4.21. The second kappa shape index (κ2) is 6.10. The van der Waals surface area contributed by atoms with Gasteiger partial charge in [0.15, 0.2) is 0 Å². The Bertz CT molecular complexity index is 558. The van der Waals surface area contributed by atoms with E-state index in [2.05, 4.69) is 5.43 Å². The third kappa shape index (κ3) is 3.50. The topological polar surface area (TPSA) is 38.0 Å². The Morgan fingerprint density at radius 2 is 1.79 bits per heavy atom. The van der Waals surface area contributed by atoms with Crippen LogP contribution in [0.15, 0.2) is 42.5 Å². The van der Waals surface area contributed by atoms with Crippen LogP contribution in [0.2, 0.25) is 5.02 Å². The number of hydrazine groups is 1. The highest BCUT2D eigenvalue weighted by molar-refractivity contribution is 6.30. The molecule has 0 bridgehead atoms. The highest BCUT2D eigenvalue weighted by Gasteiger charge is 2.13. The third-order valence-electron chi connectivity index (χ3n) is 2.91. The lowest BCUT2D eigenvalue weighted by atomic mass is 9.99. The molecule has 0 aliphatic rings. The fourth-order valence-electron chi connectivity index (χ4n) is 1.89. The van der Waals surface area contributed by atoms with Crippen molar-refractivity contribution in [1.29, 1.82) is 0 Å². The standard InChI is InChI=1S/C14H13ClF2N2/c15-11-3-1-9(2-4-11)14(19-18)8-10-7-12(16)5-6-13(10)17/h1-7,14,19H,8,18H2. The molecule has 0 radical (unpaired) electrons. The summed E-state index contributed by atoms with van der Waals surface area (Å²) >= 11 is 5.80. The van der Waals surface area contributed by atoms with E-state index in [1.54, 1.807) is 24.3 Å². The molecule has 0 aromatic heterocycles. The van der Waals surface area contributed by atoms with Gasteiger partial charge in [0.05, 0.1) is 6.04 Å². The average molecular weight is 283 g/mol. The monoisotopic (exact) mass is 282 g/mol. The first kappa shape index (κ1) is 13.9. The van der Waals surface area contributed by atoms with Gasteiger partial charge in [-0.2, -0.15) is 0 Å². The van der Waals surface area contributed by atoms with Gasteiger partial charge >= 0.3 is 0 Å². The van der Waals surface area contributed by atoms with Crippen LogP contribution in [0.3, 0.4) is 0 Å². The largest absolute Gasteiger partial charge is 0.271 e. The van der Waals surface area contributed by atoms with Gasteiger partial charge in [-0.25, -0.2) is 8.78 Å². The highest BCUT2D eigenvalue weighted by atomic mass is 35.5. The van der Waals surface area contributed by atoms with Gasteiger partial charge in [0.25, 0.3) is 0 Å². The van der Waals surface area contributed by atoms with E-state index in [4.69, 9.17) is 17.4 Å². The lowest BCUT2D eigenvalue weighted by Crippen LogP contribution is -2.29. The van der Waals surface area contributed by atoms with Crippen molar-refractivity contribution >= 4 is 11.6 Å². The van der Waals surface area contributed by atoms with Crippen molar-refractivity contribution in [1.82, 2.24) is 5.43 Å². The van der Waals surface area contributed by atoms with Crippen LogP contribution in [0.5, 0.6) is 0 Å². The molecule has 2 aromatic rings. The quantitative estimate of drug-likeness (QED) is 0.666. The van der Waals surface area contributed by atoms with E-state index in [0.717, 1.165) is 17.7 Å². The van der Waals surface area contributed by atoms with Gasteiger partial charge in [-0.15, -0.1) is 0 Å². The van der Waals surface area contributed by atoms with Gasteiger partial charge in [-0.3, -0.25) is 11.3 Å². The summed E-state index contributed by atoms with van der Waals surface area (Å²) in [4.78, 5) is 0. The molecule has 1 atom stereocenters. The van der Waals surface area contributed by atoms with Gasteiger partial charge in [0, 0.05) is 5.02 Å². The van der Waals surface area contributed by atoms with Crippen molar-refractivity contribution in [2.24, 2.45) is 5.84 Å². The first-order chi connectivity index (χ1) is 9.10. The van der Waals surface area contributed by atoms with Crippen molar-refractivity contribution in [3.63, 3.8) is 0 Å². The molecule has 0 spiro atoms. The number of hydrogen-bond donors (Lipinski definition) is 2. The summed E-state index contributed by atoms with van der Waals surface area (Å²) < 4.78 is 26.7. The molecule has 0 saturated carbocycles. The predicted molar refractivity (Wildman–Crippen MR) is 71.6 cm³/mol. The minimum Gasteiger partial charge on any atom is -0.271 e. The molecular formula is C14H13ClF2N2. The van der Waals surface area contributed by atoms with Gasteiger partial charge in [-0.05, 0) is 47.9 Å². The zero-order chi connectivity index (χ0) is 13.8. The average Bonchev–Trinajstić information content (AvgIpc) is 2.41. The van der Waals surface area contributed by atoms with Gasteiger partial charge < -0.3 is 0 Å². The van der Waals surface area contributed by atoms with Crippen molar-refractivity contribution in [2.45, 2.75) is 12.5 Å². The number of nitrogens with one attached hydrogen (secondary N) is 1. The van der Waals surface area contributed by atoms with Crippen LogP contribution < -0.4 is 11.3 Å². The van der Waals surface area contributed by atoms with Crippen LogP contribution in [0.1, 0.15) is 17.2 Å². The lowest BCUT2D eigenvalue weighted by molar-refractivity contribution is 0.523. The molecule has 0 heterocycles. The SMILES string of the molecule is NNC(Cc1cc(F)ccc1F)c1ccc(Cl)cc1. The van der Waals surface area contributed by atoms with E-state index >= 15 is 0 Å². The van der Waals surface area contributed by atoms with E-state index < -0.39 is 11.6 Å². The Hall–Kier alpha value is -1.49. The number of nitrogens with two attached hydrogens (primary N) is 1. The Balaban J connectivity index is 2.23. The van der Waals surface area contributed by atoms with Crippen LogP contribution >= 0.6 is 11.6 Å². The molecule has 0 aliphatic carbocycles. The molecule has 0 fully saturated rings. The minimum atomic E-state index is -0.469. The minimum absolute atomic E-state index is 0.252. The Morgan fingerprint density at radius 1 is 1.11 bits per heavy atom. The summed E-state index contributed by atoms with van der Waals surface area (Å²) in [6.07, 6.45) is 0.252. The lowest BCUT2D eigenvalue weighted by Gasteiger charge is -2.17. The van der Waals surface area contributed by atoms with Crippen LogP contribution in [0.25, 0.3) is 0 Å². The third-order valence-corrected chi connectivity index (χ3v) is 3.16. The van der Waals surface area contributed by atoms with Crippen LogP contribution in [0.4, 0.5) is 8.78 Å². The van der Waals surface area contributed by atoms with Gasteiger partial charge in [-0.1, -0.05) is 23.7 Å². The van der Waals surface area contributed by atoms with Crippen molar-refractivity contribution in [3.8, 4) is 0 Å². The van der Waals surface area contributed by atoms with Crippen molar-refractivity contribution in [3.05, 3.63) is 70.2 Å². The molecule has 2 nitrogen and oxygen atoms in total. The maximum atomic E-state index is 13.6. The summed E-state index contributed by atoms with van der Waals surface area (Å²) in [6.45, 7) is 0. The van der Waals surface area contributed by atoms with E-state index in [9.17, 15) is 8.78 Å². The fourth-order valence-corrected chi connectivity index (χ4v) is 2.01. The second-order valence-corrected chi connectivity index (χ2v) is 4.65. The number of hydrogen-bond acceptors (Lipinski definition) is 2. The number of halogens is 3. The highest BCUT2D eigenvalue weighted by Crippen LogP contribution is 2.21. The van der Waals surface area contributed by atoms with Crippen LogP contribution in [0, 0.1) is 11.6 Å².